The minimum Gasteiger partial charge on any atom is -0.497 e. The Kier molecular flexibility index (Phi) is 7.23. The van der Waals surface area contributed by atoms with Gasteiger partial charge < -0.3 is 24.3 Å². The third-order valence-corrected chi connectivity index (χ3v) is 5.23. The van der Waals surface area contributed by atoms with Gasteiger partial charge in [-0.15, -0.1) is 0 Å². The third-order valence-electron chi connectivity index (χ3n) is 5.23. The summed E-state index contributed by atoms with van der Waals surface area (Å²) in [6, 6.07) is 17.7. The van der Waals surface area contributed by atoms with Gasteiger partial charge in [-0.05, 0) is 50.6 Å². The van der Waals surface area contributed by atoms with Gasteiger partial charge in [-0.2, -0.15) is 0 Å². The van der Waals surface area contributed by atoms with E-state index in [-0.39, 0.29) is 12.1 Å². The van der Waals surface area contributed by atoms with Gasteiger partial charge >= 0.3 is 6.03 Å². The standard InChI is InChI=1S/C25H31N3O3/c1-18(2)28(25(29)26-23-12-11-22(30-4)15-24(23)31-5)17-21-10-7-13-27(21)16-20-9-6-8-19(3)14-20/h6-15,18H,16-17H2,1-5H3,(H,26,29). The molecule has 0 aliphatic carbocycles. The Bertz CT molecular complexity index is 1030. The largest absolute Gasteiger partial charge is 0.497 e. The first-order valence-corrected chi connectivity index (χ1v) is 10.4. The summed E-state index contributed by atoms with van der Waals surface area (Å²) < 4.78 is 12.8. The monoisotopic (exact) mass is 421 g/mol. The second-order valence-corrected chi connectivity index (χ2v) is 7.83. The molecule has 0 aliphatic rings. The molecule has 0 saturated carbocycles. The van der Waals surface area contributed by atoms with Crippen LogP contribution in [0.1, 0.15) is 30.7 Å². The minimum absolute atomic E-state index is 0.0200. The van der Waals surface area contributed by atoms with E-state index >= 15 is 0 Å². The maximum Gasteiger partial charge on any atom is 0.322 e. The molecule has 0 saturated heterocycles. The number of carbonyl (C=O) groups is 1. The van der Waals surface area contributed by atoms with Gasteiger partial charge in [0, 0.05) is 30.5 Å². The average molecular weight is 422 g/mol. The van der Waals surface area contributed by atoms with E-state index in [1.165, 1.54) is 11.1 Å². The molecule has 164 valence electrons. The molecule has 0 spiro atoms. The second-order valence-electron chi connectivity index (χ2n) is 7.83. The minimum atomic E-state index is -0.179. The second kappa shape index (κ2) is 10.1. The van der Waals surface area contributed by atoms with E-state index in [2.05, 4.69) is 53.3 Å². The number of nitrogens with one attached hydrogen (secondary N) is 1. The van der Waals surface area contributed by atoms with Gasteiger partial charge in [-0.3, -0.25) is 0 Å². The fourth-order valence-electron chi connectivity index (χ4n) is 3.51. The molecule has 0 aliphatic heterocycles. The molecule has 0 unspecified atom stereocenters. The topological polar surface area (TPSA) is 55.7 Å². The number of benzene rings is 2. The van der Waals surface area contributed by atoms with Crippen molar-refractivity contribution in [2.45, 2.75) is 39.9 Å². The van der Waals surface area contributed by atoms with Crippen LogP contribution in [0.25, 0.3) is 0 Å². The van der Waals surface area contributed by atoms with E-state index in [1.807, 2.05) is 24.8 Å². The molecular weight excluding hydrogens is 390 g/mol. The van der Waals surface area contributed by atoms with Gasteiger partial charge in [0.15, 0.2) is 0 Å². The van der Waals surface area contributed by atoms with Crippen molar-refractivity contribution in [2.24, 2.45) is 0 Å². The van der Waals surface area contributed by atoms with Gasteiger partial charge in [-0.25, -0.2) is 4.79 Å². The number of nitrogens with zero attached hydrogens (tertiary/aromatic N) is 2. The first-order valence-electron chi connectivity index (χ1n) is 10.4. The molecule has 3 rings (SSSR count). The SMILES string of the molecule is COc1ccc(NC(=O)N(Cc2cccn2Cc2cccc(C)c2)C(C)C)c(OC)c1. The van der Waals surface area contributed by atoms with Crippen LogP contribution >= 0.6 is 0 Å². The molecule has 6 heteroatoms. The van der Waals surface area contributed by atoms with Crippen molar-refractivity contribution in [3.8, 4) is 11.5 Å². The lowest BCUT2D eigenvalue weighted by atomic mass is 10.1. The first-order chi connectivity index (χ1) is 14.9. The number of aryl methyl sites for hydroxylation is 1. The normalized spacial score (nSPS) is 10.8. The summed E-state index contributed by atoms with van der Waals surface area (Å²) >= 11 is 0. The molecule has 2 aromatic carbocycles. The maximum absolute atomic E-state index is 13.1. The zero-order valence-corrected chi connectivity index (χ0v) is 18.9. The molecule has 0 radical (unpaired) electrons. The van der Waals surface area contributed by atoms with E-state index in [0.29, 0.717) is 23.7 Å². The Morgan fingerprint density at radius 1 is 1.06 bits per heavy atom. The molecule has 3 aromatic rings. The van der Waals surface area contributed by atoms with Crippen LogP contribution in [0.2, 0.25) is 0 Å². The summed E-state index contributed by atoms with van der Waals surface area (Å²) in [5, 5.41) is 2.98. The van der Waals surface area contributed by atoms with Crippen LogP contribution in [0, 0.1) is 6.92 Å². The molecule has 1 N–H and O–H groups in total. The van der Waals surface area contributed by atoms with Gasteiger partial charge in [0.1, 0.15) is 11.5 Å². The van der Waals surface area contributed by atoms with E-state index in [9.17, 15) is 4.79 Å². The number of urea groups is 1. The summed E-state index contributed by atoms with van der Waals surface area (Å²) in [4.78, 5) is 14.9. The number of carbonyl (C=O) groups excluding carboxylic acids is 1. The number of methoxy groups -OCH3 is 2. The molecule has 31 heavy (non-hydrogen) atoms. The smallest absolute Gasteiger partial charge is 0.322 e. The van der Waals surface area contributed by atoms with Crippen molar-refractivity contribution < 1.29 is 14.3 Å². The summed E-state index contributed by atoms with van der Waals surface area (Å²) in [7, 11) is 3.17. The Morgan fingerprint density at radius 3 is 2.55 bits per heavy atom. The Hall–Kier alpha value is -3.41. The lowest BCUT2D eigenvalue weighted by Gasteiger charge is -2.28. The molecular formula is C25H31N3O3. The van der Waals surface area contributed by atoms with Gasteiger partial charge in [0.2, 0.25) is 0 Å². The molecule has 1 heterocycles. The highest BCUT2D eigenvalue weighted by Gasteiger charge is 2.20. The predicted octanol–water partition coefficient (Wildman–Crippen LogP) is 5.30. The van der Waals surface area contributed by atoms with Crippen molar-refractivity contribution in [1.29, 1.82) is 0 Å². The highest BCUT2D eigenvalue weighted by Crippen LogP contribution is 2.29. The number of anilines is 1. The number of rotatable bonds is 8. The molecule has 0 atom stereocenters. The van der Waals surface area contributed by atoms with Crippen molar-refractivity contribution in [1.82, 2.24) is 9.47 Å². The number of hydrogen-bond donors (Lipinski definition) is 1. The first kappa shape index (κ1) is 22.3. The van der Waals surface area contributed by atoms with Crippen molar-refractivity contribution in [2.75, 3.05) is 19.5 Å². The number of amides is 2. The zero-order chi connectivity index (χ0) is 22.4. The Labute approximate surface area is 184 Å². The van der Waals surface area contributed by atoms with Crippen LogP contribution < -0.4 is 14.8 Å². The van der Waals surface area contributed by atoms with Crippen molar-refractivity contribution >= 4 is 11.7 Å². The molecule has 6 nitrogen and oxygen atoms in total. The molecule has 2 amide bonds. The van der Waals surface area contributed by atoms with Crippen LogP contribution in [0.4, 0.5) is 10.5 Å². The van der Waals surface area contributed by atoms with Gasteiger partial charge in [-0.1, -0.05) is 29.8 Å². The summed E-state index contributed by atoms with van der Waals surface area (Å²) in [5.41, 5.74) is 4.16. The summed E-state index contributed by atoms with van der Waals surface area (Å²) in [5.74, 6) is 1.23. The maximum atomic E-state index is 13.1. The lowest BCUT2D eigenvalue weighted by Crippen LogP contribution is -2.40. The van der Waals surface area contributed by atoms with E-state index in [1.54, 1.807) is 32.4 Å². The third kappa shape index (κ3) is 5.60. The Morgan fingerprint density at radius 2 is 1.87 bits per heavy atom. The fraction of sp³-hybridized carbons (Fsp3) is 0.320. The van der Waals surface area contributed by atoms with Crippen LogP contribution in [-0.4, -0.2) is 35.8 Å². The van der Waals surface area contributed by atoms with Crippen molar-refractivity contribution in [3.05, 3.63) is 77.6 Å². The van der Waals surface area contributed by atoms with Crippen molar-refractivity contribution in [3.63, 3.8) is 0 Å². The quantitative estimate of drug-likeness (QED) is 0.537. The predicted molar refractivity (Wildman–Crippen MR) is 124 cm³/mol. The molecule has 0 fully saturated rings. The van der Waals surface area contributed by atoms with Crippen LogP contribution in [0.3, 0.4) is 0 Å². The summed E-state index contributed by atoms with van der Waals surface area (Å²) in [6.07, 6.45) is 2.06. The fourth-order valence-corrected chi connectivity index (χ4v) is 3.51. The lowest BCUT2D eigenvalue weighted by molar-refractivity contribution is 0.192. The van der Waals surface area contributed by atoms with E-state index in [4.69, 9.17) is 9.47 Å². The van der Waals surface area contributed by atoms with E-state index in [0.717, 1.165) is 12.2 Å². The van der Waals surface area contributed by atoms with Gasteiger partial charge in [0.05, 0.1) is 26.5 Å². The number of hydrogen-bond acceptors (Lipinski definition) is 3. The summed E-state index contributed by atoms with van der Waals surface area (Å²) in [6.45, 7) is 7.39. The molecule has 0 bridgehead atoms. The van der Waals surface area contributed by atoms with E-state index < -0.39 is 0 Å². The average Bonchev–Trinajstić information content (AvgIpc) is 3.18. The highest BCUT2D eigenvalue weighted by molar-refractivity contribution is 5.91. The number of aromatic nitrogens is 1. The van der Waals surface area contributed by atoms with Crippen LogP contribution in [0.5, 0.6) is 11.5 Å². The zero-order valence-electron chi connectivity index (χ0n) is 18.9. The molecule has 1 aromatic heterocycles. The van der Waals surface area contributed by atoms with Crippen LogP contribution in [0.15, 0.2) is 60.8 Å². The highest BCUT2D eigenvalue weighted by atomic mass is 16.5. The Balaban J connectivity index is 1.76. The van der Waals surface area contributed by atoms with Gasteiger partial charge in [0.25, 0.3) is 0 Å². The number of ether oxygens (including phenoxy) is 2. The van der Waals surface area contributed by atoms with Crippen LogP contribution in [-0.2, 0) is 13.1 Å².